The monoisotopic (exact) mass is 493 g/mol. The van der Waals surface area contributed by atoms with Gasteiger partial charge < -0.3 is 15.4 Å². The zero-order chi connectivity index (χ0) is 23.9. The molecule has 2 heterocycles. The van der Waals surface area contributed by atoms with E-state index in [9.17, 15) is 4.79 Å². The van der Waals surface area contributed by atoms with Crippen molar-refractivity contribution in [3.05, 3.63) is 76.7 Å². The Morgan fingerprint density at radius 1 is 1.09 bits per heavy atom. The van der Waals surface area contributed by atoms with Gasteiger partial charge in [-0.25, -0.2) is 4.79 Å². The quantitative estimate of drug-likeness (QED) is 0.318. The highest BCUT2D eigenvalue weighted by molar-refractivity contribution is 7.80. The van der Waals surface area contributed by atoms with E-state index in [1.165, 1.54) is 16.9 Å². The molecule has 1 aromatic heterocycles. The van der Waals surface area contributed by atoms with Crippen molar-refractivity contribution in [2.45, 2.75) is 39.3 Å². The Hall–Kier alpha value is -2.74. The van der Waals surface area contributed by atoms with Gasteiger partial charge in [0.1, 0.15) is 10.6 Å². The molecule has 1 fully saturated rings. The van der Waals surface area contributed by atoms with E-state index in [1.54, 1.807) is 0 Å². The number of thiophene rings is 1. The van der Waals surface area contributed by atoms with E-state index < -0.39 is 0 Å². The van der Waals surface area contributed by atoms with Crippen LogP contribution in [-0.4, -0.2) is 41.7 Å². The second-order valence-electron chi connectivity index (χ2n) is 8.46. The predicted octanol–water partition coefficient (Wildman–Crippen LogP) is 5.85. The van der Waals surface area contributed by atoms with Crippen LogP contribution in [0.4, 0.5) is 5.00 Å². The molecule has 0 aliphatic carbocycles. The maximum absolute atomic E-state index is 12.9. The molecule has 178 valence electrons. The Morgan fingerprint density at radius 2 is 1.74 bits per heavy atom. The number of rotatable bonds is 7. The second kappa shape index (κ2) is 11.6. The van der Waals surface area contributed by atoms with Crippen molar-refractivity contribution in [1.82, 2.24) is 10.2 Å². The van der Waals surface area contributed by atoms with E-state index in [0.29, 0.717) is 23.3 Å². The van der Waals surface area contributed by atoms with E-state index in [2.05, 4.69) is 45.9 Å². The van der Waals surface area contributed by atoms with Crippen LogP contribution in [0.1, 0.15) is 40.6 Å². The highest BCUT2D eigenvalue weighted by atomic mass is 32.1. The molecule has 1 saturated heterocycles. The molecule has 0 unspecified atom stereocenters. The number of likely N-dealkylation sites (tertiary alicyclic amines) is 1. The number of piperidine rings is 1. The Bertz CT molecular complexity index is 1110. The number of hydrogen-bond acceptors (Lipinski definition) is 5. The van der Waals surface area contributed by atoms with Crippen LogP contribution in [0, 0.1) is 6.92 Å². The molecule has 5 nitrogen and oxygen atoms in total. The van der Waals surface area contributed by atoms with Gasteiger partial charge in [-0.15, -0.1) is 11.3 Å². The van der Waals surface area contributed by atoms with Gasteiger partial charge in [-0.2, -0.15) is 0 Å². The Kier molecular flexibility index (Phi) is 8.32. The number of nitrogens with one attached hydrogen (secondary N) is 2. The van der Waals surface area contributed by atoms with Gasteiger partial charge in [0.15, 0.2) is 5.11 Å². The molecule has 4 rings (SSSR count). The summed E-state index contributed by atoms with van der Waals surface area (Å²) in [6, 6.07) is 20.9. The molecule has 2 aromatic carbocycles. The largest absolute Gasteiger partial charge is 0.462 e. The summed E-state index contributed by atoms with van der Waals surface area (Å²) in [5, 5.41) is 8.05. The molecule has 0 amide bonds. The minimum absolute atomic E-state index is 0.313. The van der Waals surface area contributed by atoms with E-state index in [1.807, 2.05) is 44.2 Å². The third-order valence-electron chi connectivity index (χ3n) is 6.03. The molecule has 0 spiro atoms. The lowest BCUT2D eigenvalue weighted by Gasteiger charge is -2.33. The third kappa shape index (κ3) is 6.03. The summed E-state index contributed by atoms with van der Waals surface area (Å²) in [4.78, 5) is 16.4. The number of anilines is 1. The van der Waals surface area contributed by atoms with Crippen molar-refractivity contribution in [2.24, 2.45) is 0 Å². The molecular weight excluding hydrogens is 462 g/mol. The Morgan fingerprint density at radius 3 is 2.38 bits per heavy atom. The zero-order valence-corrected chi connectivity index (χ0v) is 21.3. The van der Waals surface area contributed by atoms with Crippen LogP contribution < -0.4 is 10.6 Å². The number of thiocarbonyl (C=S) groups is 1. The summed E-state index contributed by atoms with van der Waals surface area (Å²) in [5.41, 5.74) is 3.80. The number of nitrogens with zero attached hydrogens (tertiary/aromatic N) is 1. The van der Waals surface area contributed by atoms with E-state index in [-0.39, 0.29) is 5.97 Å². The number of carbonyl (C=O) groups is 1. The molecule has 1 aliphatic heterocycles. The molecule has 0 bridgehead atoms. The molecule has 7 heteroatoms. The van der Waals surface area contributed by atoms with Crippen LogP contribution >= 0.6 is 23.6 Å². The third-order valence-corrected chi connectivity index (χ3v) is 7.27. The summed E-state index contributed by atoms with van der Waals surface area (Å²) in [6.07, 6.45) is 2.05. The molecule has 0 radical (unpaired) electrons. The van der Waals surface area contributed by atoms with Gasteiger partial charge in [0.2, 0.25) is 0 Å². The zero-order valence-electron chi connectivity index (χ0n) is 19.7. The fourth-order valence-corrected chi connectivity index (χ4v) is 5.79. The van der Waals surface area contributed by atoms with Crippen molar-refractivity contribution in [1.29, 1.82) is 0 Å². The van der Waals surface area contributed by atoms with Crippen LogP contribution in [0.2, 0.25) is 0 Å². The normalized spacial score (nSPS) is 14.5. The Labute approximate surface area is 211 Å². The van der Waals surface area contributed by atoms with Crippen LogP contribution in [-0.2, 0) is 11.3 Å². The SMILES string of the molecule is CCOC(=O)c1c(NC(=S)NC2CCN(Cc3ccccc3)CC2)sc(C)c1-c1ccccc1. The molecular formula is C27H31N3O2S2. The summed E-state index contributed by atoms with van der Waals surface area (Å²) in [6.45, 7) is 7.21. The van der Waals surface area contributed by atoms with Gasteiger partial charge in [0.05, 0.1) is 6.61 Å². The van der Waals surface area contributed by atoms with Crippen molar-refractivity contribution < 1.29 is 9.53 Å². The number of ether oxygens (including phenoxy) is 1. The second-order valence-corrected chi connectivity index (χ2v) is 10.1. The predicted molar refractivity (Wildman–Crippen MR) is 145 cm³/mol. The molecule has 2 N–H and O–H groups in total. The first-order valence-electron chi connectivity index (χ1n) is 11.7. The van der Waals surface area contributed by atoms with Gasteiger partial charge in [0, 0.05) is 36.1 Å². The fraction of sp³-hybridized carbons (Fsp3) is 0.333. The maximum Gasteiger partial charge on any atom is 0.341 e. The lowest BCUT2D eigenvalue weighted by Crippen LogP contribution is -2.45. The highest BCUT2D eigenvalue weighted by Gasteiger charge is 2.26. The molecule has 0 atom stereocenters. The van der Waals surface area contributed by atoms with Crippen LogP contribution in [0.15, 0.2) is 60.7 Å². The van der Waals surface area contributed by atoms with Gasteiger partial charge in [-0.05, 0) is 50.0 Å². The number of carbonyl (C=O) groups excluding carboxylic acids is 1. The lowest BCUT2D eigenvalue weighted by molar-refractivity contribution is 0.0529. The first-order chi connectivity index (χ1) is 16.5. The highest BCUT2D eigenvalue weighted by Crippen LogP contribution is 2.40. The van der Waals surface area contributed by atoms with E-state index >= 15 is 0 Å². The number of esters is 1. The van der Waals surface area contributed by atoms with Crippen LogP contribution in [0.5, 0.6) is 0 Å². The number of aryl methyl sites for hydroxylation is 1. The Balaban J connectivity index is 1.40. The maximum atomic E-state index is 12.9. The van der Waals surface area contributed by atoms with Crippen molar-refractivity contribution in [3.63, 3.8) is 0 Å². The topological polar surface area (TPSA) is 53.6 Å². The van der Waals surface area contributed by atoms with E-state index in [0.717, 1.165) is 53.5 Å². The summed E-state index contributed by atoms with van der Waals surface area (Å²) >= 11 is 7.18. The molecule has 1 aliphatic rings. The summed E-state index contributed by atoms with van der Waals surface area (Å²) in [7, 11) is 0. The van der Waals surface area contributed by atoms with Crippen LogP contribution in [0.25, 0.3) is 11.1 Å². The fourth-order valence-electron chi connectivity index (χ4n) is 4.38. The minimum Gasteiger partial charge on any atom is -0.462 e. The number of benzene rings is 2. The van der Waals surface area contributed by atoms with Gasteiger partial charge in [-0.3, -0.25) is 4.90 Å². The van der Waals surface area contributed by atoms with Crippen molar-refractivity contribution in [2.75, 3.05) is 25.0 Å². The van der Waals surface area contributed by atoms with Gasteiger partial charge in [0.25, 0.3) is 0 Å². The first kappa shape index (κ1) is 24.4. The lowest BCUT2D eigenvalue weighted by atomic mass is 10.0. The van der Waals surface area contributed by atoms with Crippen molar-refractivity contribution >= 4 is 39.6 Å². The van der Waals surface area contributed by atoms with Gasteiger partial charge in [-0.1, -0.05) is 60.7 Å². The first-order valence-corrected chi connectivity index (χ1v) is 13.0. The average molecular weight is 494 g/mol. The average Bonchev–Trinajstić information content (AvgIpc) is 3.17. The standard InChI is InChI=1S/C27H31N3O2S2/c1-3-32-26(31)24-23(21-12-8-5-9-13-21)19(2)34-25(24)29-27(33)28-22-14-16-30(17-15-22)18-20-10-6-4-7-11-20/h4-13,22H,3,14-18H2,1-2H3,(H2,28,29,33). The summed E-state index contributed by atoms with van der Waals surface area (Å²) < 4.78 is 5.39. The molecule has 34 heavy (non-hydrogen) atoms. The number of hydrogen-bond donors (Lipinski definition) is 2. The smallest absolute Gasteiger partial charge is 0.341 e. The minimum atomic E-state index is -0.328. The van der Waals surface area contributed by atoms with Crippen molar-refractivity contribution in [3.8, 4) is 11.1 Å². The van der Waals surface area contributed by atoms with Crippen LogP contribution in [0.3, 0.4) is 0 Å². The van der Waals surface area contributed by atoms with E-state index in [4.69, 9.17) is 17.0 Å². The summed E-state index contributed by atoms with van der Waals surface area (Å²) in [5.74, 6) is -0.328. The molecule has 3 aromatic rings. The van der Waals surface area contributed by atoms with Gasteiger partial charge >= 0.3 is 5.97 Å². The molecule has 0 saturated carbocycles.